The van der Waals surface area contributed by atoms with Crippen LogP contribution in [0.15, 0.2) is 18.2 Å². The second kappa shape index (κ2) is 8.09. The number of amides is 1. The van der Waals surface area contributed by atoms with Crippen molar-refractivity contribution in [1.82, 2.24) is 9.78 Å². The third kappa shape index (κ3) is 3.98. The van der Waals surface area contributed by atoms with Gasteiger partial charge in [0.25, 0.3) is 0 Å². The number of ether oxygens (including phenoxy) is 2. The molecule has 2 aromatic rings. The standard InChI is InChI=1S/C23H31N3O3/c1-14-23(24-22(27)12-19-10-16-5-7-18(19)9-16)15(2)26(25-14)13-17-6-8-20(28-3)21(11-17)29-4/h6,8,11,16,18-19H,5,7,9-10,12-13H2,1-4H3,(H,24,27). The zero-order chi connectivity index (χ0) is 20.5. The van der Waals surface area contributed by atoms with Gasteiger partial charge in [0.1, 0.15) is 0 Å². The van der Waals surface area contributed by atoms with Gasteiger partial charge in [-0.15, -0.1) is 0 Å². The van der Waals surface area contributed by atoms with Gasteiger partial charge >= 0.3 is 0 Å². The van der Waals surface area contributed by atoms with E-state index in [4.69, 9.17) is 9.47 Å². The number of hydrogen-bond acceptors (Lipinski definition) is 4. The van der Waals surface area contributed by atoms with Gasteiger partial charge < -0.3 is 14.8 Å². The number of methoxy groups -OCH3 is 2. The first-order valence-corrected chi connectivity index (χ1v) is 10.5. The minimum atomic E-state index is 0.124. The van der Waals surface area contributed by atoms with Crippen molar-refractivity contribution in [2.45, 2.75) is 52.5 Å². The molecule has 3 atom stereocenters. The van der Waals surface area contributed by atoms with Crippen LogP contribution in [0.25, 0.3) is 0 Å². The Kier molecular flexibility index (Phi) is 5.52. The van der Waals surface area contributed by atoms with E-state index in [1.54, 1.807) is 14.2 Å². The smallest absolute Gasteiger partial charge is 0.224 e. The van der Waals surface area contributed by atoms with Crippen LogP contribution in [0.4, 0.5) is 5.69 Å². The van der Waals surface area contributed by atoms with Crippen LogP contribution >= 0.6 is 0 Å². The first kappa shape index (κ1) is 19.8. The molecule has 0 spiro atoms. The Balaban J connectivity index is 1.44. The Morgan fingerprint density at radius 2 is 1.97 bits per heavy atom. The SMILES string of the molecule is COc1ccc(Cn2nc(C)c(NC(=O)CC3CC4CCC3C4)c2C)cc1OC. The van der Waals surface area contributed by atoms with Crippen LogP contribution in [0.1, 0.15) is 49.1 Å². The molecule has 0 saturated heterocycles. The van der Waals surface area contributed by atoms with Crippen LogP contribution in [0, 0.1) is 31.6 Å². The molecule has 1 N–H and O–H groups in total. The van der Waals surface area contributed by atoms with E-state index in [0.29, 0.717) is 30.4 Å². The number of nitrogens with one attached hydrogen (secondary N) is 1. The Hall–Kier alpha value is -2.50. The second-order valence-electron chi connectivity index (χ2n) is 8.58. The summed E-state index contributed by atoms with van der Waals surface area (Å²) in [5.41, 5.74) is 3.73. The van der Waals surface area contributed by atoms with Crippen molar-refractivity contribution in [3.8, 4) is 11.5 Å². The van der Waals surface area contributed by atoms with Gasteiger partial charge in [0.15, 0.2) is 11.5 Å². The highest BCUT2D eigenvalue weighted by molar-refractivity contribution is 5.92. The molecule has 6 heteroatoms. The summed E-state index contributed by atoms with van der Waals surface area (Å²) in [5, 5.41) is 7.80. The molecule has 1 amide bonds. The molecule has 6 nitrogen and oxygen atoms in total. The van der Waals surface area contributed by atoms with Gasteiger partial charge in [-0.25, -0.2) is 0 Å². The lowest BCUT2D eigenvalue weighted by Crippen LogP contribution is -2.20. The number of nitrogens with zero attached hydrogens (tertiary/aromatic N) is 2. The molecule has 3 unspecified atom stereocenters. The maximum absolute atomic E-state index is 12.7. The molecule has 1 aromatic heterocycles. The van der Waals surface area contributed by atoms with Gasteiger partial charge in [-0.2, -0.15) is 5.10 Å². The number of rotatable bonds is 7. The van der Waals surface area contributed by atoms with Crippen LogP contribution in [-0.2, 0) is 11.3 Å². The minimum Gasteiger partial charge on any atom is -0.493 e. The number of carbonyl (C=O) groups is 1. The number of hydrogen-bond donors (Lipinski definition) is 1. The Bertz CT molecular complexity index is 905. The molecule has 4 rings (SSSR count). The third-order valence-electron chi connectivity index (χ3n) is 6.76. The maximum Gasteiger partial charge on any atom is 0.224 e. The average molecular weight is 398 g/mol. The lowest BCUT2D eigenvalue weighted by molar-refractivity contribution is -0.117. The summed E-state index contributed by atoms with van der Waals surface area (Å²) in [6.45, 7) is 4.56. The summed E-state index contributed by atoms with van der Waals surface area (Å²) in [4.78, 5) is 12.7. The van der Waals surface area contributed by atoms with E-state index in [2.05, 4.69) is 10.4 Å². The molecule has 1 aromatic carbocycles. The van der Waals surface area contributed by atoms with Gasteiger partial charge in [-0.05, 0) is 68.6 Å². The fraction of sp³-hybridized carbons (Fsp3) is 0.565. The molecule has 2 aliphatic carbocycles. The van der Waals surface area contributed by atoms with Crippen molar-refractivity contribution in [3.05, 3.63) is 35.2 Å². The number of anilines is 1. The molecule has 2 bridgehead atoms. The lowest BCUT2D eigenvalue weighted by atomic mass is 9.86. The fourth-order valence-electron chi connectivity index (χ4n) is 5.24. The van der Waals surface area contributed by atoms with Crippen LogP contribution in [0.2, 0.25) is 0 Å². The van der Waals surface area contributed by atoms with Crippen molar-refractivity contribution in [1.29, 1.82) is 0 Å². The Morgan fingerprint density at radius 3 is 2.62 bits per heavy atom. The number of benzene rings is 1. The van der Waals surface area contributed by atoms with Crippen molar-refractivity contribution >= 4 is 11.6 Å². The van der Waals surface area contributed by atoms with Gasteiger partial charge in [0.05, 0.1) is 37.8 Å². The summed E-state index contributed by atoms with van der Waals surface area (Å²) in [7, 11) is 3.26. The number of aromatic nitrogens is 2. The second-order valence-corrected chi connectivity index (χ2v) is 8.58. The lowest BCUT2D eigenvalue weighted by Gasteiger charge is -2.20. The topological polar surface area (TPSA) is 65.4 Å². The molecule has 0 radical (unpaired) electrons. The van der Waals surface area contributed by atoms with E-state index in [9.17, 15) is 4.79 Å². The summed E-state index contributed by atoms with van der Waals surface area (Å²) < 4.78 is 12.6. The van der Waals surface area contributed by atoms with Crippen LogP contribution in [0.5, 0.6) is 11.5 Å². The van der Waals surface area contributed by atoms with Crippen molar-refractivity contribution in [2.75, 3.05) is 19.5 Å². The number of carbonyl (C=O) groups excluding carboxylic acids is 1. The highest BCUT2D eigenvalue weighted by Gasteiger charge is 2.40. The molecule has 2 aliphatic rings. The molecular weight excluding hydrogens is 366 g/mol. The quantitative estimate of drug-likeness (QED) is 0.755. The highest BCUT2D eigenvalue weighted by atomic mass is 16.5. The van der Waals surface area contributed by atoms with E-state index >= 15 is 0 Å². The third-order valence-corrected chi connectivity index (χ3v) is 6.76. The van der Waals surface area contributed by atoms with E-state index in [-0.39, 0.29) is 5.91 Å². The van der Waals surface area contributed by atoms with Gasteiger partial charge in [0, 0.05) is 6.42 Å². The maximum atomic E-state index is 12.7. The minimum absolute atomic E-state index is 0.124. The van der Waals surface area contributed by atoms with E-state index in [1.807, 2.05) is 36.7 Å². The van der Waals surface area contributed by atoms with Crippen molar-refractivity contribution in [3.63, 3.8) is 0 Å². The van der Waals surface area contributed by atoms with Crippen LogP contribution in [-0.4, -0.2) is 29.9 Å². The van der Waals surface area contributed by atoms with Crippen molar-refractivity contribution in [2.24, 2.45) is 17.8 Å². The molecule has 29 heavy (non-hydrogen) atoms. The summed E-state index contributed by atoms with van der Waals surface area (Å²) in [5.74, 6) is 3.73. The van der Waals surface area contributed by atoms with Crippen LogP contribution in [0.3, 0.4) is 0 Å². The summed E-state index contributed by atoms with van der Waals surface area (Å²) in [6, 6.07) is 5.87. The van der Waals surface area contributed by atoms with Gasteiger partial charge in [-0.3, -0.25) is 9.48 Å². The first-order valence-electron chi connectivity index (χ1n) is 10.5. The molecule has 156 valence electrons. The van der Waals surface area contributed by atoms with Crippen LogP contribution < -0.4 is 14.8 Å². The summed E-state index contributed by atoms with van der Waals surface area (Å²) in [6.07, 6.45) is 5.88. The predicted molar refractivity (Wildman–Crippen MR) is 113 cm³/mol. The molecular formula is C23H31N3O3. The zero-order valence-corrected chi connectivity index (χ0v) is 17.8. The Labute approximate surface area is 172 Å². The normalized spacial score (nSPS) is 22.7. The predicted octanol–water partition coefficient (Wildman–Crippen LogP) is 4.33. The van der Waals surface area contributed by atoms with E-state index in [0.717, 1.165) is 34.5 Å². The van der Waals surface area contributed by atoms with E-state index < -0.39 is 0 Å². The molecule has 0 aliphatic heterocycles. The first-order chi connectivity index (χ1) is 14.0. The van der Waals surface area contributed by atoms with Crippen molar-refractivity contribution < 1.29 is 14.3 Å². The fourth-order valence-corrected chi connectivity index (χ4v) is 5.24. The number of fused-ring (bicyclic) bond motifs is 2. The van der Waals surface area contributed by atoms with E-state index in [1.165, 1.54) is 25.7 Å². The largest absolute Gasteiger partial charge is 0.493 e. The van der Waals surface area contributed by atoms with Gasteiger partial charge in [-0.1, -0.05) is 12.5 Å². The molecule has 2 fully saturated rings. The highest BCUT2D eigenvalue weighted by Crippen LogP contribution is 2.49. The Morgan fingerprint density at radius 1 is 1.17 bits per heavy atom. The summed E-state index contributed by atoms with van der Waals surface area (Å²) >= 11 is 0. The molecule has 1 heterocycles. The average Bonchev–Trinajstić information content (AvgIpc) is 3.39. The zero-order valence-electron chi connectivity index (χ0n) is 17.8. The number of aryl methyl sites for hydroxylation is 1. The van der Waals surface area contributed by atoms with Gasteiger partial charge in [0.2, 0.25) is 5.91 Å². The monoisotopic (exact) mass is 397 g/mol. The molecule has 2 saturated carbocycles.